The van der Waals surface area contributed by atoms with E-state index in [-0.39, 0.29) is 11.6 Å². The molecule has 1 amide bonds. The quantitative estimate of drug-likeness (QED) is 0.729. The van der Waals surface area contributed by atoms with Gasteiger partial charge in [0.1, 0.15) is 0 Å². The molecule has 1 saturated heterocycles. The second-order valence-corrected chi connectivity index (χ2v) is 7.74. The van der Waals surface area contributed by atoms with Crippen molar-refractivity contribution in [1.29, 1.82) is 0 Å². The van der Waals surface area contributed by atoms with Crippen LogP contribution in [0.5, 0.6) is 0 Å². The lowest BCUT2D eigenvalue weighted by Gasteiger charge is -2.62. The highest BCUT2D eigenvalue weighted by Gasteiger charge is 2.63. The molecule has 0 aromatic rings. The average Bonchev–Trinajstić information content (AvgIpc) is 2.83. The third-order valence-corrected chi connectivity index (χ3v) is 7.09. The lowest BCUT2D eigenvalue weighted by Crippen LogP contribution is -2.65. The number of carbonyl (C=O) groups is 1. The Labute approximate surface area is 122 Å². The lowest BCUT2D eigenvalue weighted by atomic mass is 9.48. The summed E-state index contributed by atoms with van der Waals surface area (Å²) in [4.78, 5) is 14.7. The normalized spacial score (nSPS) is 49.1. The first-order valence-corrected chi connectivity index (χ1v) is 8.56. The van der Waals surface area contributed by atoms with E-state index in [1.807, 2.05) is 0 Å². The number of amides is 1. The van der Waals surface area contributed by atoms with Gasteiger partial charge in [-0.1, -0.05) is 6.92 Å². The van der Waals surface area contributed by atoms with Crippen molar-refractivity contribution in [1.82, 2.24) is 4.90 Å². The maximum Gasteiger partial charge on any atom is 0.410 e. The van der Waals surface area contributed by atoms with Crippen molar-refractivity contribution >= 4 is 6.09 Å². The van der Waals surface area contributed by atoms with E-state index < -0.39 is 0 Å². The molecule has 1 atom stereocenters. The number of hydrogen-bond acceptors (Lipinski definition) is 2. The summed E-state index contributed by atoms with van der Waals surface area (Å²) in [5.74, 6) is 3.44. The molecule has 4 bridgehead atoms. The summed E-state index contributed by atoms with van der Waals surface area (Å²) in [5.41, 5.74) is 0.168. The van der Waals surface area contributed by atoms with Crippen molar-refractivity contribution in [3.05, 3.63) is 0 Å². The zero-order valence-corrected chi connectivity index (χ0v) is 12.8. The minimum atomic E-state index is -0.0539. The fourth-order valence-corrected chi connectivity index (χ4v) is 6.59. The lowest BCUT2D eigenvalue weighted by molar-refractivity contribution is -0.117. The van der Waals surface area contributed by atoms with E-state index in [4.69, 9.17) is 4.74 Å². The fraction of sp³-hybridized carbons (Fsp3) is 0.941. The molecule has 0 aromatic heterocycles. The molecular weight excluding hydrogens is 250 g/mol. The van der Waals surface area contributed by atoms with Gasteiger partial charge >= 0.3 is 6.09 Å². The predicted octanol–water partition coefficient (Wildman–Crippen LogP) is 3.82. The molecule has 4 saturated carbocycles. The van der Waals surface area contributed by atoms with Crippen molar-refractivity contribution in [2.45, 2.75) is 69.9 Å². The van der Waals surface area contributed by atoms with Crippen LogP contribution < -0.4 is 0 Å². The van der Waals surface area contributed by atoms with Gasteiger partial charge in [0, 0.05) is 6.04 Å². The molecule has 3 heteroatoms. The van der Waals surface area contributed by atoms with Gasteiger partial charge < -0.3 is 4.74 Å². The smallest absolute Gasteiger partial charge is 0.410 e. The Bertz CT molecular complexity index is 391. The zero-order valence-electron chi connectivity index (χ0n) is 12.8. The Balaban J connectivity index is 1.73. The van der Waals surface area contributed by atoms with E-state index >= 15 is 0 Å². The van der Waals surface area contributed by atoms with Crippen LogP contribution in [-0.4, -0.2) is 29.7 Å². The Morgan fingerprint density at radius 2 is 1.75 bits per heavy atom. The van der Waals surface area contributed by atoms with Gasteiger partial charge in [-0.3, -0.25) is 4.90 Å². The van der Waals surface area contributed by atoms with Crippen molar-refractivity contribution in [2.24, 2.45) is 23.7 Å². The van der Waals surface area contributed by atoms with Gasteiger partial charge in [0.25, 0.3) is 0 Å². The average molecular weight is 277 g/mol. The zero-order chi connectivity index (χ0) is 13.9. The monoisotopic (exact) mass is 277 g/mol. The van der Waals surface area contributed by atoms with Crippen LogP contribution in [-0.2, 0) is 4.74 Å². The van der Waals surface area contributed by atoms with Crippen molar-refractivity contribution in [2.75, 3.05) is 7.11 Å². The molecule has 0 N–H and O–H groups in total. The Morgan fingerprint density at radius 1 is 1.15 bits per heavy atom. The second kappa shape index (κ2) is 4.38. The number of ether oxygens (including phenoxy) is 1. The maximum absolute atomic E-state index is 12.5. The van der Waals surface area contributed by atoms with E-state index in [0.29, 0.717) is 6.04 Å². The SMILES string of the molecule is CCC1CCC2(C3CC4CC(C3)CC2C4)N1C(=O)OC. The minimum absolute atomic E-state index is 0.0539. The maximum atomic E-state index is 12.5. The molecule has 5 fully saturated rings. The molecule has 20 heavy (non-hydrogen) atoms. The molecule has 1 spiro atoms. The number of carbonyl (C=O) groups excluding carboxylic acids is 1. The Hall–Kier alpha value is -0.730. The van der Waals surface area contributed by atoms with Gasteiger partial charge in [0.15, 0.2) is 0 Å². The third kappa shape index (κ3) is 1.50. The Morgan fingerprint density at radius 3 is 2.25 bits per heavy atom. The number of nitrogens with zero attached hydrogens (tertiary/aromatic N) is 1. The van der Waals surface area contributed by atoms with Gasteiger partial charge in [-0.25, -0.2) is 4.79 Å². The van der Waals surface area contributed by atoms with Crippen LogP contribution >= 0.6 is 0 Å². The first-order chi connectivity index (χ1) is 9.69. The minimum Gasteiger partial charge on any atom is -0.453 e. The summed E-state index contributed by atoms with van der Waals surface area (Å²) < 4.78 is 5.18. The second-order valence-electron chi connectivity index (χ2n) is 7.74. The summed E-state index contributed by atoms with van der Waals surface area (Å²) in [6.45, 7) is 2.22. The molecule has 4 aliphatic carbocycles. The van der Waals surface area contributed by atoms with E-state index in [0.717, 1.165) is 30.1 Å². The van der Waals surface area contributed by atoms with Gasteiger partial charge in [-0.05, 0) is 75.0 Å². The van der Waals surface area contributed by atoms with Crippen molar-refractivity contribution in [3.8, 4) is 0 Å². The summed E-state index contributed by atoms with van der Waals surface area (Å²) in [6.07, 6.45) is 10.4. The number of hydrogen-bond donors (Lipinski definition) is 0. The van der Waals surface area contributed by atoms with E-state index in [9.17, 15) is 4.79 Å². The van der Waals surface area contributed by atoms with Crippen LogP contribution in [0, 0.1) is 23.7 Å². The van der Waals surface area contributed by atoms with Gasteiger partial charge in [-0.2, -0.15) is 0 Å². The molecule has 1 heterocycles. The highest BCUT2D eigenvalue weighted by atomic mass is 16.5. The number of rotatable bonds is 1. The molecular formula is C17H27NO2. The van der Waals surface area contributed by atoms with Gasteiger partial charge in [0.05, 0.1) is 12.6 Å². The number of likely N-dealkylation sites (tertiary alicyclic amines) is 1. The van der Waals surface area contributed by atoms with Crippen LogP contribution in [0.3, 0.4) is 0 Å². The van der Waals surface area contributed by atoms with Crippen LogP contribution in [0.15, 0.2) is 0 Å². The van der Waals surface area contributed by atoms with E-state index in [2.05, 4.69) is 11.8 Å². The van der Waals surface area contributed by atoms with E-state index in [1.165, 1.54) is 44.9 Å². The summed E-state index contributed by atoms with van der Waals surface area (Å²) in [6, 6.07) is 0.417. The molecule has 112 valence electrons. The summed E-state index contributed by atoms with van der Waals surface area (Å²) in [5, 5.41) is 0. The first kappa shape index (κ1) is 13.0. The molecule has 5 rings (SSSR count). The first-order valence-electron chi connectivity index (χ1n) is 8.56. The van der Waals surface area contributed by atoms with Crippen LogP contribution in [0.4, 0.5) is 4.79 Å². The predicted molar refractivity (Wildman–Crippen MR) is 77.3 cm³/mol. The molecule has 1 unspecified atom stereocenters. The van der Waals surface area contributed by atoms with Crippen LogP contribution in [0.25, 0.3) is 0 Å². The molecule has 0 radical (unpaired) electrons. The summed E-state index contributed by atoms with van der Waals surface area (Å²) in [7, 11) is 1.55. The van der Waals surface area contributed by atoms with Gasteiger partial charge in [-0.15, -0.1) is 0 Å². The Kier molecular flexibility index (Phi) is 2.84. The number of methoxy groups -OCH3 is 1. The highest BCUT2D eigenvalue weighted by Crippen LogP contribution is 2.64. The van der Waals surface area contributed by atoms with Crippen LogP contribution in [0.1, 0.15) is 58.3 Å². The topological polar surface area (TPSA) is 29.5 Å². The molecule has 0 aromatic carbocycles. The summed E-state index contributed by atoms with van der Waals surface area (Å²) >= 11 is 0. The fourth-order valence-electron chi connectivity index (χ4n) is 6.59. The van der Waals surface area contributed by atoms with Crippen molar-refractivity contribution < 1.29 is 9.53 Å². The molecule has 5 aliphatic rings. The van der Waals surface area contributed by atoms with Crippen LogP contribution in [0.2, 0.25) is 0 Å². The van der Waals surface area contributed by atoms with Crippen molar-refractivity contribution in [3.63, 3.8) is 0 Å². The molecule has 3 nitrogen and oxygen atoms in total. The highest BCUT2D eigenvalue weighted by molar-refractivity contribution is 5.70. The standard InChI is InChI=1S/C17H27NO2/c1-3-15-4-5-17(18(15)16(19)20-2)13-7-11-6-12(9-13)10-14(17)8-11/h11-15H,3-10H2,1-2H3. The third-order valence-electron chi connectivity index (χ3n) is 7.09. The largest absolute Gasteiger partial charge is 0.453 e. The van der Waals surface area contributed by atoms with Gasteiger partial charge in [0.2, 0.25) is 0 Å². The molecule has 1 aliphatic heterocycles. The van der Waals surface area contributed by atoms with E-state index in [1.54, 1.807) is 7.11 Å².